The van der Waals surface area contributed by atoms with Crippen LogP contribution < -0.4 is 16.4 Å². The normalized spacial score (nSPS) is 10.8. The second kappa shape index (κ2) is 13.6. The summed E-state index contributed by atoms with van der Waals surface area (Å²) in [4.78, 5) is 33.9. The number of halogens is 2. The summed E-state index contributed by atoms with van der Waals surface area (Å²) in [5.74, 6) is -0.938. The lowest BCUT2D eigenvalue weighted by Crippen LogP contribution is -2.37. The van der Waals surface area contributed by atoms with E-state index in [1.807, 2.05) is 0 Å². The lowest BCUT2D eigenvalue weighted by atomic mass is 10.2. The SMILES string of the molecule is CCN(CC)CCCN(Cc1ccc(C(=O)Nc2ccccc2N)nc1)C(=O)Nc1ccc(F)c(Cl)c1. The average Bonchev–Trinajstić information content (AvgIpc) is 2.89. The highest BCUT2D eigenvalue weighted by atomic mass is 35.5. The number of hydrogen-bond donors (Lipinski definition) is 3. The maximum absolute atomic E-state index is 13.5. The Labute approximate surface area is 221 Å². The standard InChI is InChI=1S/C27H32ClFN6O2/c1-3-34(4-2)14-7-15-35(27(37)32-20-11-12-22(29)21(28)16-20)18-19-10-13-25(31-17-19)26(36)33-24-9-6-5-8-23(24)30/h5-6,8-13,16-17H,3-4,7,14-15,18,30H2,1-2H3,(H,32,37)(H,33,36). The van der Waals surface area contributed by atoms with Crippen LogP contribution in [0.5, 0.6) is 0 Å². The Morgan fingerprint density at radius 3 is 2.43 bits per heavy atom. The van der Waals surface area contributed by atoms with E-state index in [9.17, 15) is 14.0 Å². The molecule has 37 heavy (non-hydrogen) atoms. The van der Waals surface area contributed by atoms with Crippen LogP contribution in [-0.2, 0) is 6.54 Å². The van der Waals surface area contributed by atoms with E-state index in [4.69, 9.17) is 17.3 Å². The molecule has 0 fully saturated rings. The molecule has 0 aliphatic heterocycles. The van der Waals surface area contributed by atoms with Crippen molar-refractivity contribution in [2.75, 3.05) is 42.5 Å². The van der Waals surface area contributed by atoms with E-state index in [1.54, 1.807) is 47.5 Å². The molecule has 196 valence electrons. The van der Waals surface area contributed by atoms with Gasteiger partial charge in [-0.05, 0) is 68.0 Å². The summed E-state index contributed by atoms with van der Waals surface area (Å²) < 4.78 is 13.5. The molecular weight excluding hydrogens is 495 g/mol. The van der Waals surface area contributed by atoms with Gasteiger partial charge in [-0.2, -0.15) is 0 Å². The molecule has 0 radical (unpaired) electrons. The van der Waals surface area contributed by atoms with Crippen molar-refractivity contribution in [2.45, 2.75) is 26.8 Å². The van der Waals surface area contributed by atoms with E-state index in [0.29, 0.717) is 23.6 Å². The number of nitrogens with one attached hydrogen (secondary N) is 2. The predicted molar refractivity (Wildman–Crippen MR) is 146 cm³/mol. The van der Waals surface area contributed by atoms with Crippen molar-refractivity contribution < 1.29 is 14.0 Å². The maximum atomic E-state index is 13.5. The van der Waals surface area contributed by atoms with E-state index in [2.05, 4.69) is 34.4 Å². The lowest BCUT2D eigenvalue weighted by Gasteiger charge is -2.25. The first-order chi connectivity index (χ1) is 17.8. The van der Waals surface area contributed by atoms with Gasteiger partial charge in [0.05, 0.1) is 16.4 Å². The summed E-state index contributed by atoms with van der Waals surface area (Å²) in [6.45, 7) is 7.67. The molecule has 0 saturated heterocycles. The quantitative estimate of drug-likeness (QED) is 0.287. The first kappa shape index (κ1) is 27.9. The smallest absolute Gasteiger partial charge is 0.322 e. The highest BCUT2D eigenvalue weighted by Crippen LogP contribution is 2.20. The molecule has 0 aliphatic carbocycles. The van der Waals surface area contributed by atoms with Gasteiger partial charge >= 0.3 is 6.03 Å². The van der Waals surface area contributed by atoms with Crippen molar-refractivity contribution in [3.63, 3.8) is 0 Å². The summed E-state index contributed by atoms with van der Waals surface area (Å²) in [6.07, 6.45) is 2.34. The van der Waals surface area contributed by atoms with Crippen molar-refractivity contribution in [1.29, 1.82) is 0 Å². The topological polar surface area (TPSA) is 104 Å². The minimum Gasteiger partial charge on any atom is -0.397 e. The first-order valence-electron chi connectivity index (χ1n) is 12.1. The molecular formula is C27H32ClFN6O2. The molecule has 0 bridgehead atoms. The van der Waals surface area contributed by atoms with Gasteiger partial charge in [-0.25, -0.2) is 9.18 Å². The van der Waals surface area contributed by atoms with Crippen molar-refractivity contribution in [3.8, 4) is 0 Å². The number of urea groups is 1. The first-order valence-corrected chi connectivity index (χ1v) is 12.5. The molecule has 0 spiro atoms. The van der Waals surface area contributed by atoms with Crippen LogP contribution in [0.2, 0.25) is 5.02 Å². The molecule has 1 heterocycles. The number of carbonyl (C=O) groups is 2. The minimum atomic E-state index is -0.555. The number of aromatic nitrogens is 1. The number of hydrogen-bond acceptors (Lipinski definition) is 5. The third kappa shape index (κ3) is 8.16. The zero-order chi connectivity index (χ0) is 26.8. The highest BCUT2D eigenvalue weighted by Gasteiger charge is 2.17. The average molecular weight is 527 g/mol. The van der Waals surface area contributed by atoms with E-state index in [-0.39, 0.29) is 29.2 Å². The van der Waals surface area contributed by atoms with Crippen LogP contribution in [-0.4, -0.2) is 52.9 Å². The van der Waals surface area contributed by atoms with Gasteiger partial charge in [-0.15, -0.1) is 0 Å². The number of pyridine rings is 1. The largest absolute Gasteiger partial charge is 0.397 e. The summed E-state index contributed by atoms with van der Waals surface area (Å²) in [7, 11) is 0. The Morgan fingerprint density at radius 1 is 1.03 bits per heavy atom. The van der Waals surface area contributed by atoms with Crippen LogP contribution in [0, 0.1) is 5.82 Å². The zero-order valence-corrected chi connectivity index (χ0v) is 21.8. The van der Waals surface area contributed by atoms with Crippen molar-refractivity contribution >= 4 is 40.6 Å². The van der Waals surface area contributed by atoms with E-state index >= 15 is 0 Å². The number of nitrogens with zero attached hydrogens (tertiary/aromatic N) is 3. The van der Waals surface area contributed by atoms with Crippen LogP contribution in [0.1, 0.15) is 36.3 Å². The van der Waals surface area contributed by atoms with Crippen LogP contribution in [0.15, 0.2) is 60.8 Å². The molecule has 4 N–H and O–H groups in total. The molecule has 2 aromatic carbocycles. The molecule has 1 aromatic heterocycles. The summed E-state index contributed by atoms with van der Waals surface area (Å²) in [6, 6.07) is 14.0. The third-order valence-corrected chi connectivity index (χ3v) is 6.18. The third-order valence-electron chi connectivity index (χ3n) is 5.89. The maximum Gasteiger partial charge on any atom is 0.322 e. The number of anilines is 3. The van der Waals surface area contributed by atoms with Gasteiger partial charge in [-0.1, -0.05) is 43.6 Å². The predicted octanol–water partition coefficient (Wildman–Crippen LogP) is 5.47. The fourth-order valence-corrected chi connectivity index (χ4v) is 3.90. The van der Waals surface area contributed by atoms with Gasteiger partial charge in [0, 0.05) is 25.0 Å². The Morgan fingerprint density at radius 2 is 1.78 bits per heavy atom. The second-order valence-electron chi connectivity index (χ2n) is 8.45. The number of amides is 3. The van der Waals surface area contributed by atoms with Gasteiger partial charge in [0.2, 0.25) is 0 Å². The van der Waals surface area contributed by atoms with Crippen LogP contribution in [0.25, 0.3) is 0 Å². The number of nitrogen functional groups attached to an aromatic ring is 1. The summed E-state index contributed by atoms with van der Waals surface area (Å²) in [5, 5.41) is 5.46. The second-order valence-corrected chi connectivity index (χ2v) is 8.86. The van der Waals surface area contributed by atoms with Crippen molar-refractivity contribution in [3.05, 3.63) is 82.9 Å². The van der Waals surface area contributed by atoms with Gasteiger partial charge in [-0.3, -0.25) is 9.78 Å². The Hall–Kier alpha value is -3.69. The number of nitrogens with two attached hydrogens (primary N) is 1. The Kier molecular flexibility index (Phi) is 10.2. The van der Waals surface area contributed by atoms with E-state index < -0.39 is 5.82 Å². The minimum absolute atomic E-state index is 0.0683. The van der Waals surface area contributed by atoms with Gasteiger partial charge < -0.3 is 26.2 Å². The van der Waals surface area contributed by atoms with Gasteiger partial charge in [0.1, 0.15) is 11.5 Å². The van der Waals surface area contributed by atoms with Crippen molar-refractivity contribution in [1.82, 2.24) is 14.8 Å². The van der Waals surface area contributed by atoms with Crippen LogP contribution in [0.4, 0.5) is 26.2 Å². The highest BCUT2D eigenvalue weighted by molar-refractivity contribution is 6.31. The Balaban J connectivity index is 1.69. The number of para-hydroxylation sites is 2. The Bertz CT molecular complexity index is 1200. The molecule has 0 atom stereocenters. The van der Waals surface area contributed by atoms with Crippen LogP contribution >= 0.6 is 11.6 Å². The molecule has 3 aromatic rings. The summed E-state index contributed by atoms with van der Waals surface area (Å²) in [5.41, 5.74) is 8.24. The molecule has 10 heteroatoms. The van der Waals surface area contributed by atoms with E-state index in [0.717, 1.165) is 31.6 Å². The number of rotatable bonds is 11. The zero-order valence-electron chi connectivity index (χ0n) is 21.0. The monoisotopic (exact) mass is 526 g/mol. The molecule has 0 aliphatic rings. The van der Waals surface area contributed by atoms with Crippen LogP contribution in [0.3, 0.4) is 0 Å². The molecule has 3 amide bonds. The molecule has 0 unspecified atom stereocenters. The summed E-state index contributed by atoms with van der Waals surface area (Å²) >= 11 is 5.86. The molecule has 3 rings (SSSR count). The number of carbonyl (C=O) groups excluding carboxylic acids is 2. The number of benzene rings is 2. The lowest BCUT2D eigenvalue weighted by molar-refractivity contribution is 0.102. The fourth-order valence-electron chi connectivity index (χ4n) is 3.72. The molecule has 8 nitrogen and oxygen atoms in total. The fraction of sp³-hybridized carbons (Fsp3) is 0.296. The van der Waals surface area contributed by atoms with Crippen molar-refractivity contribution in [2.24, 2.45) is 0 Å². The van der Waals surface area contributed by atoms with Gasteiger partial charge in [0.15, 0.2) is 0 Å². The van der Waals surface area contributed by atoms with Gasteiger partial charge in [0.25, 0.3) is 5.91 Å². The molecule has 0 saturated carbocycles. The van der Waals surface area contributed by atoms with E-state index in [1.165, 1.54) is 18.2 Å².